The van der Waals surface area contributed by atoms with Crippen LogP contribution >= 0.6 is 12.2 Å². The summed E-state index contributed by atoms with van der Waals surface area (Å²) < 4.78 is 0. The summed E-state index contributed by atoms with van der Waals surface area (Å²) in [6.45, 7) is 1.91. The first-order chi connectivity index (χ1) is 7.61. The van der Waals surface area contributed by atoms with Gasteiger partial charge >= 0.3 is 0 Å². The van der Waals surface area contributed by atoms with Gasteiger partial charge < -0.3 is 5.32 Å². The van der Waals surface area contributed by atoms with Crippen LogP contribution in [0.1, 0.15) is 12.5 Å². The highest BCUT2D eigenvalue weighted by Crippen LogP contribution is 2.20. The van der Waals surface area contributed by atoms with Crippen molar-refractivity contribution < 1.29 is 4.79 Å². The Balaban J connectivity index is 2.44. The number of hydrogen-bond donors (Lipinski definition) is 1. The van der Waals surface area contributed by atoms with E-state index in [4.69, 9.17) is 12.2 Å². The molecule has 2 rings (SSSR count). The van der Waals surface area contributed by atoms with E-state index in [1.165, 1.54) is 4.90 Å². The summed E-state index contributed by atoms with van der Waals surface area (Å²) in [6.07, 6.45) is 0. The maximum atomic E-state index is 11.8. The van der Waals surface area contributed by atoms with Crippen molar-refractivity contribution in [2.45, 2.75) is 6.92 Å². The first-order valence-corrected chi connectivity index (χ1v) is 5.37. The van der Waals surface area contributed by atoms with E-state index in [0.717, 1.165) is 11.1 Å². The van der Waals surface area contributed by atoms with Crippen LogP contribution in [-0.4, -0.2) is 23.0 Å². The summed E-state index contributed by atoms with van der Waals surface area (Å²) in [5.41, 5.74) is 2.51. The van der Waals surface area contributed by atoms with Crippen molar-refractivity contribution in [2.75, 3.05) is 7.05 Å². The van der Waals surface area contributed by atoms with Gasteiger partial charge in [0.1, 0.15) is 5.70 Å². The van der Waals surface area contributed by atoms with Gasteiger partial charge in [0.15, 0.2) is 5.11 Å². The Morgan fingerprint density at radius 3 is 2.44 bits per heavy atom. The molecule has 1 heterocycles. The molecule has 0 saturated carbocycles. The summed E-state index contributed by atoms with van der Waals surface area (Å²) in [4.78, 5) is 13.3. The quantitative estimate of drug-likeness (QED) is 0.591. The minimum atomic E-state index is -0.0775. The van der Waals surface area contributed by atoms with Crippen LogP contribution in [0.5, 0.6) is 0 Å². The van der Waals surface area contributed by atoms with Crippen LogP contribution in [0.25, 0.3) is 5.57 Å². The lowest BCUT2D eigenvalue weighted by Gasteiger charge is -2.05. The van der Waals surface area contributed by atoms with Gasteiger partial charge in [-0.2, -0.15) is 0 Å². The number of likely N-dealkylation sites (N-methyl/N-ethyl adjacent to an activating group) is 1. The fourth-order valence-corrected chi connectivity index (χ4v) is 1.78. The lowest BCUT2D eigenvalue weighted by molar-refractivity contribution is -0.121. The van der Waals surface area contributed by atoms with E-state index in [1.807, 2.05) is 37.3 Å². The zero-order chi connectivity index (χ0) is 11.7. The van der Waals surface area contributed by atoms with Crippen LogP contribution in [0.2, 0.25) is 0 Å². The lowest BCUT2D eigenvalue weighted by atomic mass is 10.1. The zero-order valence-electron chi connectivity index (χ0n) is 9.15. The predicted octanol–water partition coefficient (Wildman–Crippen LogP) is 1.76. The van der Waals surface area contributed by atoms with Crippen molar-refractivity contribution in [2.24, 2.45) is 0 Å². The van der Waals surface area contributed by atoms with Crippen molar-refractivity contribution in [3.05, 3.63) is 41.6 Å². The van der Waals surface area contributed by atoms with Gasteiger partial charge in [0.25, 0.3) is 5.91 Å². The van der Waals surface area contributed by atoms with Crippen LogP contribution in [0.3, 0.4) is 0 Å². The summed E-state index contributed by atoms with van der Waals surface area (Å²) in [5, 5.41) is 3.39. The molecule has 3 nitrogen and oxygen atoms in total. The minimum absolute atomic E-state index is 0.0775. The van der Waals surface area contributed by atoms with E-state index in [2.05, 4.69) is 5.32 Å². The van der Waals surface area contributed by atoms with Crippen LogP contribution in [0.15, 0.2) is 36.0 Å². The first kappa shape index (κ1) is 10.8. The number of amides is 1. The maximum Gasteiger partial charge on any atom is 0.276 e. The number of allylic oxidation sites excluding steroid dienone is 1. The maximum absolute atomic E-state index is 11.8. The second-order valence-corrected chi connectivity index (χ2v) is 4.05. The van der Waals surface area contributed by atoms with Gasteiger partial charge in [-0.05, 0) is 30.3 Å². The second-order valence-electron chi connectivity index (χ2n) is 3.66. The zero-order valence-corrected chi connectivity index (χ0v) is 9.97. The van der Waals surface area contributed by atoms with E-state index in [9.17, 15) is 4.79 Å². The van der Waals surface area contributed by atoms with Crippen LogP contribution in [0.4, 0.5) is 0 Å². The molecule has 1 saturated heterocycles. The third kappa shape index (κ3) is 1.72. The minimum Gasteiger partial charge on any atom is -0.327 e. The monoisotopic (exact) mass is 232 g/mol. The number of nitrogens with zero attached hydrogens (tertiary/aromatic N) is 1. The summed E-state index contributed by atoms with van der Waals surface area (Å²) in [7, 11) is 1.67. The fourth-order valence-electron chi connectivity index (χ4n) is 1.59. The smallest absolute Gasteiger partial charge is 0.276 e. The average Bonchev–Trinajstić information content (AvgIpc) is 2.57. The fraction of sp³-hybridized carbons (Fsp3) is 0.167. The van der Waals surface area contributed by atoms with Gasteiger partial charge in [-0.3, -0.25) is 9.69 Å². The molecule has 0 spiro atoms. The first-order valence-electron chi connectivity index (χ1n) is 4.96. The van der Waals surface area contributed by atoms with Crippen molar-refractivity contribution in [1.82, 2.24) is 10.2 Å². The molecule has 0 unspecified atom stereocenters. The van der Waals surface area contributed by atoms with Crippen molar-refractivity contribution in [3.63, 3.8) is 0 Å². The Bertz CT molecular complexity index is 479. The van der Waals surface area contributed by atoms with Crippen LogP contribution < -0.4 is 5.32 Å². The number of rotatable bonds is 1. The topological polar surface area (TPSA) is 32.3 Å². The molecule has 0 bridgehead atoms. The van der Waals surface area contributed by atoms with E-state index in [-0.39, 0.29) is 5.91 Å². The number of carbonyl (C=O) groups excluding carboxylic acids is 1. The van der Waals surface area contributed by atoms with Crippen molar-refractivity contribution >= 4 is 28.8 Å². The van der Waals surface area contributed by atoms with Gasteiger partial charge in [0.05, 0.1) is 0 Å². The van der Waals surface area contributed by atoms with Gasteiger partial charge in [-0.15, -0.1) is 0 Å². The molecule has 0 atom stereocenters. The molecule has 0 aromatic heterocycles. The third-order valence-electron chi connectivity index (χ3n) is 2.64. The molecule has 0 aliphatic carbocycles. The van der Waals surface area contributed by atoms with Crippen LogP contribution in [0, 0.1) is 0 Å². The van der Waals surface area contributed by atoms with Gasteiger partial charge in [-0.1, -0.05) is 30.3 Å². The standard InChI is InChI=1S/C12H12N2OS/c1-8(9-6-4-3-5-7-9)10-11(15)14(2)12(16)13-10/h3-7H,1-2H3,(H,13,16)/b10-8-. The molecule has 1 fully saturated rings. The van der Waals surface area contributed by atoms with Crippen LogP contribution in [-0.2, 0) is 4.79 Å². The number of thiocarbonyl (C=S) groups is 1. The normalized spacial score (nSPS) is 18.8. The molecule has 1 aromatic rings. The molecule has 16 heavy (non-hydrogen) atoms. The average molecular weight is 232 g/mol. The number of carbonyl (C=O) groups is 1. The van der Waals surface area contributed by atoms with Gasteiger partial charge in [-0.25, -0.2) is 0 Å². The number of nitrogens with one attached hydrogen (secondary N) is 1. The molecule has 82 valence electrons. The summed E-state index contributed by atoms with van der Waals surface area (Å²) >= 11 is 5.02. The molecule has 4 heteroatoms. The number of hydrogen-bond acceptors (Lipinski definition) is 2. The molecular weight excluding hydrogens is 220 g/mol. The molecular formula is C12H12N2OS. The summed E-state index contributed by atoms with van der Waals surface area (Å²) in [6, 6.07) is 9.78. The molecule has 1 aliphatic rings. The molecule has 0 radical (unpaired) electrons. The van der Waals surface area contributed by atoms with E-state index in [0.29, 0.717) is 10.8 Å². The van der Waals surface area contributed by atoms with Crippen molar-refractivity contribution in [1.29, 1.82) is 0 Å². The van der Waals surface area contributed by atoms with E-state index >= 15 is 0 Å². The Labute approximate surface area is 99.8 Å². The second kappa shape index (κ2) is 4.06. The molecule has 1 N–H and O–H groups in total. The lowest BCUT2D eigenvalue weighted by Crippen LogP contribution is -2.25. The SMILES string of the molecule is C/C(=C1/NC(=S)N(C)C1=O)c1ccccc1. The predicted molar refractivity (Wildman–Crippen MR) is 67.5 cm³/mol. The highest BCUT2D eigenvalue weighted by molar-refractivity contribution is 7.80. The largest absolute Gasteiger partial charge is 0.327 e. The molecule has 1 amide bonds. The highest BCUT2D eigenvalue weighted by atomic mass is 32.1. The molecule has 1 aromatic carbocycles. The Morgan fingerprint density at radius 1 is 1.31 bits per heavy atom. The Morgan fingerprint density at radius 2 is 1.94 bits per heavy atom. The third-order valence-corrected chi connectivity index (χ3v) is 3.01. The van der Waals surface area contributed by atoms with E-state index in [1.54, 1.807) is 7.05 Å². The van der Waals surface area contributed by atoms with Gasteiger partial charge in [0.2, 0.25) is 0 Å². The molecule has 1 aliphatic heterocycles. The number of benzene rings is 1. The van der Waals surface area contributed by atoms with Crippen molar-refractivity contribution in [3.8, 4) is 0 Å². The summed E-state index contributed by atoms with van der Waals surface area (Å²) in [5.74, 6) is -0.0775. The van der Waals surface area contributed by atoms with E-state index < -0.39 is 0 Å². The highest BCUT2D eigenvalue weighted by Gasteiger charge is 2.28. The Hall–Kier alpha value is -1.68. The van der Waals surface area contributed by atoms with Gasteiger partial charge in [0, 0.05) is 7.05 Å². The Kier molecular flexibility index (Phi) is 2.75.